The minimum atomic E-state index is 0.0401. The second kappa shape index (κ2) is 12.0. The standard InChI is InChI=1S/C17H34N2O/c1-5-7-8-9-10-11-12-13-14-17(20)18-16-19(3,4)15-6-2/h13-14H,5-12,15-16H2,1-4H3/p+1. The van der Waals surface area contributed by atoms with Gasteiger partial charge in [-0.15, -0.1) is 0 Å². The van der Waals surface area contributed by atoms with Crippen LogP contribution in [0.25, 0.3) is 0 Å². The van der Waals surface area contributed by atoms with Crippen LogP contribution in [0.15, 0.2) is 12.2 Å². The van der Waals surface area contributed by atoms with Gasteiger partial charge in [0.25, 0.3) is 0 Å². The van der Waals surface area contributed by atoms with E-state index in [9.17, 15) is 4.79 Å². The summed E-state index contributed by atoms with van der Waals surface area (Å²) in [6.45, 7) is 6.19. The lowest BCUT2D eigenvalue weighted by atomic mass is 10.1. The van der Waals surface area contributed by atoms with Gasteiger partial charge in [0, 0.05) is 0 Å². The molecule has 0 aliphatic rings. The lowest BCUT2D eigenvalue weighted by molar-refractivity contribution is -0.892. The van der Waals surface area contributed by atoms with Crippen LogP contribution in [0.1, 0.15) is 65.2 Å². The number of rotatable bonds is 12. The van der Waals surface area contributed by atoms with Crippen molar-refractivity contribution in [3.05, 3.63) is 12.2 Å². The van der Waals surface area contributed by atoms with E-state index in [0.717, 1.165) is 23.9 Å². The minimum absolute atomic E-state index is 0.0401. The van der Waals surface area contributed by atoms with Crippen LogP contribution in [0.4, 0.5) is 0 Å². The maximum atomic E-state index is 11.7. The highest BCUT2D eigenvalue weighted by molar-refractivity contribution is 5.87. The van der Waals surface area contributed by atoms with Gasteiger partial charge in [0.1, 0.15) is 0 Å². The van der Waals surface area contributed by atoms with Crippen LogP contribution < -0.4 is 5.32 Å². The Balaban J connectivity index is 3.58. The third kappa shape index (κ3) is 12.2. The van der Waals surface area contributed by atoms with E-state index in [0.29, 0.717) is 6.67 Å². The van der Waals surface area contributed by atoms with Crippen LogP contribution in [-0.4, -0.2) is 37.7 Å². The van der Waals surface area contributed by atoms with Crippen molar-refractivity contribution >= 4 is 5.91 Å². The molecule has 0 aliphatic heterocycles. The van der Waals surface area contributed by atoms with Crippen molar-refractivity contribution < 1.29 is 9.28 Å². The molecule has 0 bridgehead atoms. The van der Waals surface area contributed by atoms with Crippen LogP contribution in [0, 0.1) is 0 Å². The first kappa shape index (κ1) is 19.2. The van der Waals surface area contributed by atoms with E-state index >= 15 is 0 Å². The predicted molar refractivity (Wildman–Crippen MR) is 87.4 cm³/mol. The summed E-state index contributed by atoms with van der Waals surface area (Å²) in [5, 5.41) is 2.97. The Labute approximate surface area is 126 Å². The summed E-state index contributed by atoms with van der Waals surface area (Å²) >= 11 is 0. The van der Waals surface area contributed by atoms with E-state index in [-0.39, 0.29) is 5.91 Å². The Kier molecular flexibility index (Phi) is 11.5. The van der Waals surface area contributed by atoms with Gasteiger partial charge in [-0.1, -0.05) is 52.0 Å². The number of hydrogen-bond donors (Lipinski definition) is 1. The summed E-state index contributed by atoms with van der Waals surface area (Å²) < 4.78 is 0.841. The second-order valence-corrected chi connectivity index (χ2v) is 6.32. The van der Waals surface area contributed by atoms with E-state index in [1.54, 1.807) is 6.08 Å². The van der Waals surface area contributed by atoms with Crippen LogP contribution in [-0.2, 0) is 4.79 Å². The summed E-state index contributed by atoms with van der Waals surface area (Å²) in [5.41, 5.74) is 0. The van der Waals surface area contributed by atoms with Gasteiger partial charge in [0.15, 0.2) is 6.67 Å². The van der Waals surface area contributed by atoms with Crippen molar-refractivity contribution in [2.45, 2.75) is 65.2 Å². The highest BCUT2D eigenvalue weighted by Crippen LogP contribution is 2.07. The number of allylic oxidation sites excluding steroid dienone is 1. The van der Waals surface area contributed by atoms with Crippen molar-refractivity contribution in [1.29, 1.82) is 0 Å². The second-order valence-electron chi connectivity index (χ2n) is 6.32. The normalized spacial score (nSPS) is 12.0. The fourth-order valence-corrected chi connectivity index (χ4v) is 2.27. The van der Waals surface area contributed by atoms with Gasteiger partial charge in [-0.05, 0) is 25.3 Å². The first-order valence-electron chi connectivity index (χ1n) is 8.28. The highest BCUT2D eigenvalue weighted by Gasteiger charge is 2.13. The average molecular weight is 283 g/mol. The smallest absolute Gasteiger partial charge is 0.247 e. The predicted octanol–water partition coefficient (Wildman–Crippen LogP) is 3.85. The molecule has 0 spiro atoms. The summed E-state index contributed by atoms with van der Waals surface area (Å²) in [7, 11) is 4.29. The maximum Gasteiger partial charge on any atom is 0.247 e. The highest BCUT2D eigenvalue weighted by atomic mass is 16.1. The number of hydrogen-bond acceptors (Lipinski definition) is 1. The van der Waals surface area contributed by atoms with Crippen LogP contribution >= 0.6 is 0 Å². The molecule has 3 heteroatoms. The number of carbonyl (C=O) groups excluding carboxylic acids is 1. The van der Waals surface area contributed by atoms with E-state index in [1.807, 2.05) is 6.08 Å². The lowest BCUT2D eigenvalue weighted by Gasteiger charge is -2.29. The number of nitrogens with zero attached hydrogens (tertiary/aromatic N) is 1. The Hall–Kier alpha value is -0.830. The largest absolute Gasteiger partial charge is 0.311 e. The molecule has 0 aromatic rings. The van der Waals surface area contributed by atoms with E-state index in [4.69, 9.17) is 0 Å². The van der Waals surface area contributed by atoms with Crippen molar-refractivity contribution in [1.82, 2.24) is 5.32 Å². The van der Waals surface area contributed by atoms with E-state index in [2.05, 4.69) is 33.3 Å². The van der Waals surface area contributed by atoms with Crippen molar-refractivity contribution in [2.75, 3.05) is 27.3 Å². The number of unbranched alkanes of at least 4 members (excludes halogenated alkanes) is 6. The molecule has 0 atom stereocenters. The molecular formula is C17H35N2O+. The zero-order chi connectivity index (χ0) is 15.3. The van der Waals surface area contributed by atoms with Crippen molar-refractivity contribution in [3.63, 3.8) is 0 Å². The van der Waals surface area contributed by atoms with Gasteiger partial charge in [0.2, 0.25) is 5.91 Å². The van der Waals surface area contributed by atoms with Gasteiger partial charge in [0.05, 0.1) is 20.6 Å². The van der Waals surface area contributed by atoms with Gasteiger partial charge in [-0.25, -0.2) is 0 Å². The number of carbonyl (C=O) groups is 1. The van der Waals surface area contributed by atoms with E-state index < -0.39 is 0 Å². The molecule has 118 valence electrons. The van der Waals surface area contributed by atoms with Gasteiger partial charge in [-0.3, -0.25) is 4.79 Å². The molecule has 20 heavy (non-hydrogen) atoms. The Morgan fingerprint density at radius 1 is 1.00 bits per heavy atom. The Morgan fingerprint density at radius 3 is 2.30 bits per heavy atom. The molecule has 0 radical (unpaired) electrons. The molecule has 0 fully saturated rings. The zero-order valence-corrected chi connectivity index (χ0v) is 14.1. The molecule has 0 aromatic carbocycles. The van der Waals surface area contributed by atoms with Gasteiger partial charge >= 0.3 is 0 Å². The molecule has 3 nitrogen and oxygen atoms in total. The van der Waals surface area contributed by atoms with Crippen molar-refractivity contribution in [3.8, 4) is 0 Å². The monoisotopic (exact) mass is 283 g/mol. The van der Waals surface area contributed by atoms with Crippen LogP contribution in [0.2, 0.25) is 0 Å². The molecule has 1 amide bonds. The topological polar surface area (TPSA) is 29.1 Å². The minimum Gasteiger partial charge on any atom is -0.311 e. The van der Waals surface area contributed by atoms with Gasteiger partial charge in [-0.2, -0.15) is 0 Å². The first-order valence-corrected chi connectivity index (χ1v) is 8.28. The summed E-state index contributed by atoms with van der Waals surface area (Å²) in [4.78, 5) is 11.7. The van der Waals surface area contributed by atoms with Gasteiger partial charge < -0.3 is 9.80 Å². The fraction of sp³-hybridized carbons (Fsp3) is 0.824. The fourth-order valence-electron chi connectivity index (χ4n) is 2.27. The molecule has 0 heterocycles. The molecule has 0 rings (SSSR count). The number of amides is 1. The Bertz CT molecular complexity index is 272. The number of quaternary nitrogens is 1. The maximum absolute atomic E-state index is 11.7. The molecule has 0 saturated carbocycles. The molecular weight excluding hydrogens is 248 g/mol. The number of nitrogens with one attached hydrogen (secondary N) is 1. The summed E-state index contributed by atoms with van der Waals surface area (Å²) in [6, 6.07) is 0. The zero-order valence-electron chi connectivity index (χ0n) is 14.1. The summed E-state index contributed by atoms with van der Waals surface area (Å²) in [5.74, 6) is 0.0401. The van der Waals surface area contributed by atoms with Crippen LogP contribution in [0.3, 0.4) is 0 Å². The molecule has 0 saturated heterocycles. The lowest BCUT2D eigenvalue weighted by Crippen LogP contribution is -2.48. The molecule has 0 aliphatic carbocycles. The molecule has 0 aromatic heterocycles. The molecule has 1 N–H and O–H groups in total. The quantitative estimate of drug-likeness (QED) is 0.251. The third-order valence-corrected chi connectivity index (χ3v) is 3.50. The summed E-state index contributed by atoms with van der Waals surface area (Å²) in [6.07, 6.45) is 13.7. The Morgan fingerprint density at radius 2 is 1.65 bits per heavy atom. The SMILES string of the molecule is CCCCCCCCC=CC(=O)NC[N+](C)(C)CCC. The van der Waals surface area contributed by atoms with E-state index in [1.165, 1.54) is 38.5 Å². The van der Waals surface area contributed by atoms with Crippen molar-refractivity contribution in [2.24, 2.45) is 0 Å². The first-order chi connectivity index (χ1) is 9.52. The van der Waals surface area contributed by atoms with Crippen LogP contribution in [0.5, 0.6) is 0 Å². The third-order valence-electron chi connectivity index (χ3n) is 3.50. The molecule has 0 unspecified atom stereocenters. The average Bonchev–Trinajstić information content (AvgIpc) is 2.39.